The van der Waals surface area contributed by atoms with Gasteiger partial charge in [0, 0.05) is 30.8 Å². The van der Waals surface area contributed by atoms with Gasteiger partial charge in [-0.05, 0) is 37.6 Å². The molecule has 3 heterocycles. The van der Waals surface area contributed by atoms with Crippen molar-refractivity contribution in [2.75, 3.05) is 16.3 Å². The van der Waals surface area contributed by atoms with E-state index >= 15 is 0 Å². The number of ether oxygens (including phenoxy) is 1. The molecule has 3 aliphatic heterocycles. The fraction of sp³-hybridized carbons (Fsp3) is 0.348. The van der Waals surface area contributed by atoms with E-state index in [1.807, 2.05) is 11.8 Å². The maximum absolute atomic E-state index is 14.1. The number of non-ortho nitro benzene ring substituents is 1. The first-order chi connectivity index (χ1) is 15.7. The molecule has 2 aromatic rings. The molecule has 3 aliphatic rings. The van der Waals surface area contributed by atoms with Gasteiger partial charge in [0.2, 0.25) is 5.91 Å². The zero-order valence-corrected chi connectivity index (χ0v) is 18.1. The second kappa shape index (κ2) is 7.38. The number of nitrogens with zero attached hydrogens (tertiary/aromatic N) is 3. The first-order valence-corrected chi connectivity index (χ1v) is 10.7. The van der Waals surface area contributed by atoms with E-state index < -0.39 is 40.3 Å². The summed E-state index contributed by atoms with van der Waals surface area (Å²) in [6.45, 7) is 4.08. The van der Waals surface area contributed by atoms with Crippen LogP contribution in [-0.4, -0.2) is 47.6 Å². The minimum absolute atomic E-state index is 0.0887. The molecule has 2 saturated heterocycles. The van der Waals surface area contributed by atoms with Gasteiger partial charge >= 0.3 is 6.03 Å². The molecule has 33 heavy (non-hydrogen) atoms. The topological polar surface area (TPSA) is 122 Å². The van der Waals surface area contributed by atoms with E-state index in [1.54, 1.807) is 43.3 Å². The summed E-state index contributed by atoms with van der Waals surface area (Å²) in [7, 11) is 0. The zero-order valence-electron chi connectivity index (χ0n) is 18.1. The highest BCUT2D eigenvalue weighted by atomic mass is 16.6. The van der Waals surface area contributed by atoms with Crippen LogP contribution < -0.4 is 15.1 Å². The number of nitro groups is 1. The number of rotatable bonds is 2. The number of nitrogens with one attached hydrogen (secondary N) is 1. The number of fused-ring (bicyclic) bond motifs is 4. The molecule has 1 N–H and O–H groups in total. The van der Waals surface area contributed by atoms with Crippen LogP contribution in [0.3, 0.4) is 0 Å². The third-order valence-corrected chi connectivity index (χ3v) is 6.67. The van der Waals surface area contributed by atoms with Gasteiger partial charge in [0.25, 0.3) is 11.6 Å². The lowest BCUT2D eigenvalue weighted by Crippen LogP contribution is -2.76. The number of para-hydroxylation sites is 1. The predicted molar refractivity (Wildman–Crippen MR) is 118 cm³/mol. The molecule has 10 heteroatoms. The van der Waals surface area contributed by atoms with Crippen LogP contribution in [0.25, 0.3) is 0 Å². The lowest BCUT2D eigenvalue weighted by atomic mass is 9.66. The molecule has 4 atom stereocenters. The molecule has 0 aromatic heterocycles. The molecule has 1 spiro atoms. The minimum atomic E-state index is -1.70. The SMILES string of the molecule is C[C@@H]1CN2c3ccc([N+](=O)[O-])cc3C[C@]3(C(=O)NC(=O)N(c4ccccc4)C3=O)[C@H]2[C@@H](C)O1. The highest BCUT2D eigenvalue weighted by molar-refractivity contribution is 6.30. The molecule has 4 amide bonds. The number of imide groups is 2. The Morgan fingerprint density at radius 1 is 1.12 bits per heavy atom. The Bertz CT molecular complexity index is 1180. The smallest absolute Gasteiger partial charge is 0.335 e. The summed E-state index contributed by atoms with van der Waals surface area (Å²) in [5.41, 5.74) is -0.266. The fourth-order valence-electron chi connectivity index (χ4n) is 5.44. The van der Waals surface area contributed by atoms with Crippen LogP contribution in [0, 0.1) is 15.5 Å². The molecule has 170 valence electrons. The van der Waals surface area contributed by atoms with E-state index in [0.29, 0.717) is 17.8 Å². The maximum atomic E-state index is 14.1. The van der Waals surface area contributed by atoms with Crippen LogP contribution in [0.15, 0.2) is 48.5 Å². The van der Waals surface area contributed by atoms with Crippen LogP contribution in [0.1, 0.15) is 19.4 Å². The predicted octanol–water partition coefficient (Wildman–Crippen LogP) is 2.40. The average molecular weight is 450 g/mol. The molecule has 0 saturated carbocycles. The van der Waals surface area contributed by atoms with Crippen LogP contribution >= 0.6 is 0 Å². The summed E-state index contributed by atoms with van der Waals surface area (Å²) in [5.74, 6) is -1.39. The van der Waals surface area contributed by atoms with E-state index in [2.05, 4.69) is 5.32 Å². The Balaban J connectivity index is 1.71. The molecule has 5 rings (SSSR count). The van der Waals surface area contributed by atoms with Gasteiger partial charge in [-0.25, -0.2) is 9.69 Å². The number of hydrogen-bond donors (Lipinski definition) is 1. The standard InChI is InChI=1S/C23H22N4O6/c1-13-12-25-18-9-8-17(27(31)32)10-15(18)11-23(19(25)14(2)33-13)20(28)24-22(30)26(21(23)29)16-6-4-3-5-7-16/h3-10,13-14,19H,11-12H2,1-2H3,(H,24,28,30)/t13-,14-,19-,23-/m1/s1. The summed E-state index contributed by atoms with van der Waals surface area (Å²) < 4.78 is 6.04. The summed E-state index contributed by atoms with van der Waals surface area (Å²) in [6.07, 6.45) is -0.796. The van der Waals surface area contributed by atoms with E-state index in [1.165, 1.54) is 12.1 Å². The maximum Gasteiger partial charge on any atom is 0.335 e. The summed E-state index contributed by atoms with van der Waals surface area (Å²) in [6, 6.07) is 11.3. The molecular formula is C23H22N4O6. The van der Waals surface area contributed by atoms with E-state index in [4.69, 9.17) is 4.74 Å². The van der Waals surface area contributed by atoms with Gasteiger partial charge in [-0.1, -0.05) is 18.2 Å². The van der Waals surface area contributed by atoms with Crippen molar-refractivity contribution >= 4 is 34.9 Å². The molecule has 0 aliphatic carbocycles. The molecule has 0 radical (unpaired) electrons. The largest absolute Gasteiger partial charge is 0.372 e. The number of hydrogen-bond acceptors (Lipinski definition) is 7. The van der Waals surface area contributed by atoms with Crippen LogP contribution in [0.5, 0.6) is 0 Å². The zero-order chi connectivity index (χ0) is 23.5. The van der Waals surface area contributed by atoms with Crippen molar-refractivity contribution in [2.45, 2.75) is 38.5 Å². The number of carbonyl (C=O) groups is 3. The van der Waals surface area contributed by atoms with E-state index in [9.17, 15) is 24.5 Å². The van der Waals surface area contributed by atoms with Crippen molar-refractivity contribution < 1.29 is 24.0 Å². The first kappa shape index (κ1) is 21.1. The van der Waals surface area contributed by atoms with Gasteiger partial charge in [-0.2, -0.15) is 0 Å². The van der Waals surface area contributed by atoms with Gasteiger partial charge in [0.1, 0.15) is 0 Å². The molecule has 2 aromatic carbocycles. The van der Waals surface area contributed by atoms with Gasteiger partial charge in [0.05, 0.1) is 28.9 Å². The Morgan fingerprint density at radius 3 is 2.55 bits per heavy atom. The number of carbonyl (C=O) groups excluding carboxylic acids is 3. The van der Waals surface area contributed by atoms with Crippen LogP contribution in [0.2, 0.25) is 0 Å². The molecule has 0 unspecified atom stereocenters. The molecule has 0 bridgehead atoms. The summed E-state index contributed by atoms with van der Waals surface area (Å²) in [5, 5.41) is 13.8. The van der Waals surface area contributed by atoms with Crippen molar-refractivity contribution in [1.29, 1.82) is 0 Å². The lowest BCUT2D eigenvalue weighted by molar-refractivity contribution is -0.384. The second-order valence-corrected chi connectivity index (χ2v) is 8.70. The van der Waals surface area contributed by atoms with Crippen molar-refractivity contribution in [3.63, 3.8) is 0 Å². The van der Waals surface area contributed by atoms with E-state index in [0.717, 1.165) is 10.6 Å². The highest BCUT2D eigenvalue weighted by Crippen LogP contribution is 2.48. The first-order valence-electron chi connectivity index (χ1n) is 10.7. The third kappa shape index (κ3) is 3.01. The van der Waals surface area contributed by atoms with Crippen molar-refractivity contribution in [3.05, 3.63) is 64.2 Å². The number of amides is 4. The number of anilines is 2. The van der Waals surface area contributed by atoms with Crippen molar-refractivity contribution in [1.82, 2.24) is 5.32 Å². The number of urea groups is 1. The Morgan fingerprint density at radius 2 is 1.85 bits per heavy atom. The monoisotopic (exact) mass is 450 g/mol. The van der Waals surface area contributed by atoms with Crippen LogP contribution in [-0.2, 0) is 20.7 Å². The lowest BCUT2D eigenvalue weighted by Gasteiger charge is -2.56. The number of nitro benzene ring substituents is 1. The minimum Gasteiger partial charge on any atom is -0.372 e. The van der Waals surface area contributed by atoms with Gasteiger partial charge in [0.15, 0.2) is 5.41 Å². The Hall–Kier alpha value is -3.79. The average Bonchev–Trinajstić information content (AvgIpc) is 2.77. The Kier molecular flexibility index (Phi) is 4.71. The van der Waals surface area contributed by atoms with Gasteiger partial charge in [-0.3, -0.25) is 25.0 Å². The summed E-state index contributed by atoms with van der Waals surface area (Å²) in [4.78, 5) is 54.1. The molecule has 2 fully saturated rings. The van der Waals surface area contributed by atoms with Crippen molar-refractivity contribution in [3.8, 4) is 0 Å². The quantitative estimate of drug-likeness (QED) is 0.423. The van der Waals surface area contributed by atoms with Crippen molar-refractivity contribution in [2.24, 2.45) is 5.41 Å². The molecule has 10 nitrogen and oxygen atoms in total. The Labute approximate surface area is 189 Å². The number of morpholine rings is 1. The highest BCUT2D eigenvalue weighted by Gasteiger charge is 2.65. The van der Waals surface area contributed by atoms with Crippen LogP contribution in [0.4, 0.5) is 21.9 Å². The number of benzene rings is 2. The fourth-order valence-corrected chi connectivity index (χ4v) is 5.44. The summed E-state index contributed by atoms with van der Waals surface area (Å²) >= 11 is 0. The molecular weight excluding hydrogens is 428 g/mol. The van der Waals surface area contributed by atoms with Gasteiger partial charge < -0.3 is 9.64 Å². The normalized spacial score (nSPS) is 28.9. The second-order valence-electron chi connectivity index (χ2n) is 8.70. The van der Waals surface area contributed by atoms with E-state index in [-0.39, 0.29) is 18.2 Å². The third-order valence-electron chi connectivity index (χ3n) is 6.67. The number of barbiturate groups is 1. The van der Waals surface area contributed by atoms with Gasteiger partial charge in [-0.15, -0.1) is 0 Å².